The highest BCUT2D eigenvalue weighted by Crippen LogP contribution is 2.11. The number of hydrogen-bond donors (Lipinski definition) is 1. The number of rotatable bonds is 8. The molecule has 1 rings (SSSR count). The minimum Gasteiger partial charge on any atom is -0.379 e. The molecule has 1 heterocycles. The second-order valence-corrected chi connectivity index (χ2v) is 4.15. The third-order valence-corrected chi connectivity index (χ3v) is 2.45. The molecule has 0 aliphatic heterocycles. The molecule has 0 bridgehead atoms. The molecule has 2 N–H and O–H groups in total. The van der Waals surface area contributed by atoms with Crippen LogP contribution in [0.4, 0.5) is 5.13 Å². The third kappa shape index (κ3) is 5.66. The van der Waals surface area contributed by atoms with E-state index in [1.165, 1.54) is 11.3 Å². The van der Waals surface area contributed by atoms with Crippen LogP contribution >= 0.6 is 11.3 Å². The van der Waals surface area contributed by atoms with Crippen LogP contribution in [0, 0.1) is 0 Å². The fourth-order valence-electron chi connectivity index (χ4n) is 0.951. The number of hydrogen-bond acceptors (Lipinski definition) is 6. The summed E-state index contributed by atoms with van der Waals surface area (Å²) in [6, 6.07) is 0. The Morgan fingerprint density at radius 3 is 2.67 bits per heavy atom. The molecular weight excluding hydrogens is 214 g/mol. The van der Waals surface area contributed by atoms with Crippen LogP contribution in [0.1, 0.15) is 24.8 Å². The summed E-state index contributed by atoms with van der Waals surface area (Å²) in [4.78, 5) is 0. The Bertz CT molecular complexity index is 268. The van der Waals surface area contributed by atoms with Crippen molar-refractivity contribution in [3.05, 3.63) is 5.01 Å². The molecule has 0 atom stereocenters. The van der Waals surface area contributed by atoms with Crippen LogP contribution < -0.4 is 5.73 Å². The average Bonchev–Trinajstić information content (AvgIpc) is 2.63. The fourth-order valence-corrected chi connectivity index (χ4v) is 1.50. The molecule has 0 spiro atoms. The third-order valence-electron chi connectivity index (χ3n) is 1.72. The van der Waals surface area contributed by atoms with Crippen LogP contribution in [0.25, 0.3) is 0 Å². The molecule has 0 radical (unpaired) electrons. The maximum absolute atomic E-state index is 5.43. The van der Waals surface area contributed by atoms with Gasteiger partial charge in [0.15, 0.2) is 0 Å². The molecule has 1 aromatic heterocycles. The maximum atomic E-state index is 5.43. The lowest BCUT2D eigenvalue weighted by atomic mass is 10.4. The van der Waals surface area contributed by atoms with E-state index in [1.54, 1.807) is 0 Å². The number of nitrogen functional groups attached to an aromatic ring is 1. The van der Waals surface area contributed by atoms with E-state index in [0.717, 1.165) is 24.5 Å². The zero-order valence-electron chi connectivity index (χ0n) is 8.94. The first-order valence-electron chi connectivity index (χ1n) is 5.06. The smallest absolute Gasteiger partial charge is 0.203 e. The average molecular weight is 231 g/mol. The van der Waals surface area contributed by atoms with Crippen LogP contribution in [0.2, 0.25) is 0 Å². The van der Waals surface area contributed by atoms with Crippen molar-refractivity contribution in [3.8, 4) is 0 Å². The summed E-state index contributed by atoms with van der Waals surface area (Å²) < 4.78 is 10.7. The van der Waals surface area contributed by atoms with Gasteiger partial charge in [0, 0.05) is 6.61 Å². The van der Waals surface area contributed by atoms with Crippen molar-refractivity contribution in [2.45, 2.75) is 26.4 Å². The van der Waals surface area contributed by atoms with Crippen molar-refractivity contribution >= 4 is 16.5 Å². The van der Waals surface area contributed by atoms with E-state index in [0.29, 0.717) is 25.0 Å². The molecule has 0 aliphatic rings. The summed E-state index contributed by atoms with van der Waals surface area (Å²) in [7, 11) is 0. The van der Waals surface area contributed by atoms with E-state index < -0.39 is 0 Å². The van der Waals surface area contributed by atoms with Crippen molar-refractivity contribution in [3.63, 3.8) is 0 Å². The summed E-state index contributed by atoms with van der Waals surface area (Å²) in [6.07, 6.45) is 2.26. The number of nitrogens with two attached hydrogens (primary N) is 1. The van der Waals surface area contributed by atoms with E-state index in [9.17, 15) is 0 Å². The monoisotopic (exact) mass is 231 g/mol. The Balaban J connectivity index is 1.93. The molecule has 0 unspecified atom stereocenters. The standard InChI is InChI=1S/C9H17N3O2S/c1-2-3-4-13-5-6-14-7-8-11-12-9(10)15-8/h2-7H2,1H3,(H2,10,12). The molecule has 0 amide bonds. The van der Waals surface area contributed by atoms with Gasteiger partial charge in [-0.05, 0) is 6.42 Å². The molecule has 1 aromatic rings. The first-order chi connectivity index (χ1) is 7.33. The van der Waals surface area contributed by atoms with Crippen molar-refractivity contribution in [1.29, 1.82) is 0 Å². The molecule has 5 nitrogen and oxygen atoms in total. The molecule has 0 saturated carbocycles. The number of unbranched alkanes of at least 4 members (excludes halogenated alkanes) is 1. The van der Waals surface area contributed by atoms with Crippen LogP contribution in [0.15, 0.2) is 0 Å². The zero-order valence-corrected chi connectivity index (χ0v) is 9.76. The number of ether oxygens (including phenoxy) is 2. The molecule has 6 heteroatoms. The largest absolute Gasteiger partial charge is 0.379 e. The molecule has 0 fully saturated rings. The minimum atomic E-state index is 0.464. The van der Waals surface area contributed by atoms with Gasteiger partial charge in [0.2, 0.25) is 5.13 Å². The highest BCUT2D eigenvalue weighted by molar-refractivity contribution is 7.15. The molecule has 0 aromatic carbocycles. The second-order valence-electron chi connectivity index (χ2n) is 3.05. The van der Waals surface area contributed by atoms with E-state index in [2.05, 4.69) is 17.1 Å². The lowest BCUT2D eigenvalue weighted by Gasteiger charge is -2.03. The Hall–Kier alpha value is -0.720. The molecule has 0 saturated heterocycles. The second kappa shape index (κ2) is 7.56. The van der Waals surface area contributed by atoms with Crippen molar-refractivity contribution in [2.75, 3.05) is 25.6 Å². The minimum absolute atomic E-state index is 0.464. The highest BCUT2D eigenvalue weighted by atomic mass is 32.1. The lowest BCUT2D eigenvalue weighted by Crippen LogP contribution is -2.05. The molecule has 86 valence electrons. The van der Waals surface area contributed by atoms with Gasteiger partial charge >= 0.3 is 0 Å². The van der Waals surface area contributed by atoms with Gasteiger partial charge in [-0.25, -0.2) is 0 Å². The molecular formula is C9H17N3O2S. The van der Waals surface area contributed by atoms with E-state index >= 15 is 0 Å². The Kier molecular flexibility index (Phi) is 6.22. The van der Waals surface area contributed by atoms with Gasteiger partial charge in [-0.1, -0.05) is 24.7 Å². The van der Waals surface area contributed by atoms with Gasteiger partial charge < -0.3 is 15.2 Å². The Morgan fingerprint density at radius 2 is 2.00 bits per heavy atom. The van der Waals surface area contributed by atoms with Gasteiger partial charge in [0.25, 0.3) is 0 Å². The van der Waals surface area contributed by atoms with E-state index in [1.807, 2.05) is 0 Å². The number of anilines is 1. The van der Waals surface area contributed by atoms with Gasteiger partial charge in [0.05, 0.1) is 13.2 Å². The molecule has 15 heavy (non-hydrogen) atoms. The van der Waals surface area contributed by atoms with Gasteiger partial charge in [-0.2, -0.15) is 0 Å². The van der Waals surface area contributed by atoms with Crippen LogP contribution in [-0.2, 0) is 16.1 Å². The van der Waals surface area contributed by atoms with Gasteiger partial charge in [-0.15, -0.1) is 10.2 Å². The normalized spacial score (nSPS) is 10.7. The quantitative estimate of drug-likeness (QED) is 0.686. The van der Waals surface area contributed by atoms with Crippen molar-refractivity contribution < 1.29 is 9.47 Å². The Labute approximate surface area is 93.6 Å². The van der Waals surface area contributed by atoms with E-state index in [-0.39, 0.29) is 0 Å². The Morgan fingerprint density at radius 1 is 1.20 bits per heavy atom. The van der Waals surface area contributed by atoms with Crippen molar-refractivity contribution in [2.24, 2.45) is 0 Å². The summed E-state index contributed by atoms with van der Waals surface area (Å²) in [5, 5.41) is 8.82. The van der Waals surface area contributed by atoms with Gasteiger partial charge in [-0.3, -0.25) is 0 Å². The summed E-state index contributed by atoms with van der Waals surface area (Å²) in [6.45, 7) is 4.63. The summed E-state index contributed by atoms with van der Waals surface area (Å²) >= 11 is 1.35. The molecule has 0 aliphatic carbocycles. The van der Waals surface area contributed by atoms with Gasteiger partial charge in [0.1, 0.15) is 11.6 Å². The van der Waals surface area contributed by atoms with Crippen LogP contribution in [0.3, 0.4) is 0 Å². The first-order valence-corrected chi connectivity index (χ1v) is 5.88. The summed E-state index contributed by atoms with van der Waals surface area (Å²) in [5.41, 5.74) is 5.43. The summed E-state index contributed by atoms with van der Waals surface area (Å²) in [5.74, 6) is 0. The first kappa shape index (κ1) is 12.4. The predicted molar refractivity (Wildman–Crippen MR) is 59.7 cm³/mol. The van der Waals surface area contributed by atoms with Crippen LogP contribution in [0.5, 0.6) is 0 Å². The number of nitrogens with zero attached hydrogens (tertiary/aromatic N) is 2. The zero-order chi connectivity index (χ0) is 10.9. The maximum Gasteiger partial charge on any atom is 0.203 e. The lowest BCUT2D eigenvalue weighted by molar-refractivity contribution is 0.0394. The topological polar surface area (TPSA) is 70.3 Å². The SMILES string of the molecule is CCCCOCCOCc1nnc(N)s1. The van der Waals surface area contributed by atoms with Crippen LogP contribution in [-0.4, -0.2) is 30.0 Å². The number of aromatic nitrogens is 2. The van der Waals surface area contributed by atoms with E-state index in [4.69, 9.17) is 15.2 Å². The predicted octanol–water partition coefficient (Wildman–Crippen LogP) is 1.45. The highest BCUT2D eigenvalue weighted by Gasteiger charge is 2.00. The fraction of sp³-hybridized carbons (Fsp3) is 0.778. The van der Waals surface area contributed by atoms with Crippen molar-refractivity contribution in [1.82, 2.24) is 10.2 Å².